The van der Waals surface area contributed by atoms with E-state index in [1.807, 2.05) is 41.8 Å². The molecule has 0 aliphatic carbocycles. The molecule has 0 N–H and O–H groups in total. The maximum absolute atomic E-state index is 11.7. The van der Waals surface area contributed by atoms with Gasteiger partial charge < -0.3 is 9.47 Å². The number of rotatable bonds is 5. The van der Waals surface area contributed by atoms with Gasteiger partial charge in [0.15, 0.2) is 0 Å². The third-order valence-electron chi connectivity index (χ3n) is 2.74. The van der Waals surface area contributed by atoms with Gasteiger partial charge >= 0.3 is 5.97 Å². The zero-order valence-electron chi connectivity index (χ0n) is 11.5. The summed E-state index contributed by atoms with van der Waals surface area (Å²) in [5.74, 6) is 0.460. The van der Waals surface area contributed by atoms with E-state index in [0.29, 0.717) is 6.61 Å². The van der Waals surface area contributed by atoms with Gasteiger partial charge in [-0.15, -0.1) is 11.3 Å². The zero-order chi connectivity index (χ0) is 14.4. The molecule has 0 fully saturated rings. The second kappa shape index (κ2) is 6.91. The summed E-state index contributed by atoms with van der Waals surface area (Å²) in [6, 6.07) is 11.6. The molecule has 0 radical (unpaired) electrons. The van der Waals surface area contributed by atoms with Gasteiger partial charge in [-0.2, -0.15) is 0 Å². The van der Waals surface area contributed by atoms with Crippen molar-refractivity contribution in [2.75, 3.05) is 13.7 Å². The number of benzene rings is 1. The molecule has 0 aliphatic rings. The Bertz CT molecular complexity index is 583. The molecule has 20 heavy (non-hydrogen) atoms. The number of esters is 1. The van der Waals surface area contributed by atoms with Gasteiger partial charge in [0.2, 0.25) is 0 Å². The van der Waals surface area contributed by atoms with Crippen LogP contribution < -0.4 is 4.74 Å². The highest BCUT2D eigenvalue weighted by molar-refractivity contribution is 7.11. The molecule has 0 saturated heterocycles. The monoisotopic (exact) mass is 288 g/mol. The van der Waals surface area contributed by atoms with Crippen LogP contribution in [-0.4, -0.2) is 19.7 Å². The fraction of sp³-hybridized carbons (Fsp3) is 0.188. The molecule has 1 heterocycles. The van der Waals surface area contributed by atoms with Gasteiger partial charge in [0, 0.05) is 16.5 Å². The van der Waals surface area contributed by atoms with Crippen LogP contribution in [0.25, 0.3) is 5.57 Å². The molecule has 1 aromatic carbocycles. The normalized spacial score (nSPS) is 11.2. The smallest absolute Gasteiger partial charge is 0.331 e. The molecule has 0 amide bonds. The average Bonchev–Trinajstić information content (AvgIpc) is 2.99. The van der Waals surface area contributed by atoms with Gasteiger partial charge in [0.05, 0.1) is 13.7 Å². The summed E-state index contributed by atoms with van der Waals surface area (Å²) in [6.07, 6.45) is 1.54. The molecule has 2 rings (SSSR count). The summed E-state index contributed by atoms with van der Waals surface area (Å²) >= 11 is 1.59. The predicted octanol–water partition coefficient (Wildman–Crippen LogP) is 3.75. The molecule has 0 atom stereocenters. The molecule has 0 bridgehead atoms. The minimum absolute atomic E-state index is 0.327. The van der Waals surface area contributed by atoms with E-state index in [4.69, 9.17) is 9.47 Å². The van der Waals surface area contributed by atoms with Crippen molar-refractivity contribution in [1.29, 1.82) is 0 Å². The summed E-state index contributed by atoms with van der Waals surface area (Å²) in [6.45, 7) is 2.17. The Labute approximate surface area is 122 Å². The first-order valence-electron chi connectivity index (χ1n) is 6.31. The number of hydrogen-bond donors (Lipinski definition) is 0. The van der Waals surface area contributed by atoms with Crippen LogP contribution in [0.3, 0.4) is 0 Å². The van der Waals surface area contributed by atoms with E-state index in [1.54, 1.807) is 25.4 Å². The maximum Gasteiger partial charge on any atom is 0.331 e. The summed E-state index contributed by atoms with van der Waals surface area (Å²) in [4.78, 5) is 12.8. The first-order chi connectivity index (χ1) is 9.74. The lowest BCUT2D eigenvalue weighted by molar-refractivity contribution is -0.137. The van der Waals surface area contributed by atoms with Crippen LogP contribution in [0.4, 0.5) is 0 Å². The van der Waals surface area contributed by atoms with Crippen LogP contribution in [0, 0.1) is 0 Å². The van der Waals surface area contributed by atoms with Crippen LogP contribution >= 0.6 is 11.3 Å². The van der Waals surface area contributed by atoms with Gasteiger partial charge in [0.1, 0.15) is 5.75 Å². The molecule has 0 unspecified atom stereocenters. The summed E-state index contributed by atoms with van der Waals surface area (Å²) in [5, 5.41) is 1.98. The van der Waals surface area contributed by atoms with E-state index < -0.39 is 0 Å². The van der Waals surface area contributed by atoms with Crippen molar-refractivity contribution < 1.29 is 14.3 Å². The molecule has 0 aliphatic heterocycles. The van der Waals surface area contributed by atoms with Gasteiger partial charge in [-0.3, -0.25) is 0 Å². The summed E-state index contributed by atoms with van der Waals surface area (Å²) in [5.41, 5.74) is 1.82. The van der Waals surface area contributed by atoms with E-state index in [2.05, 4.69) is 0 Å². The Morgan fingerprint density at radius 1 is 1.25 bits per heavy atom. The fourth-order valence-corrected chi connectivity index (χ4v) is 2.57. The van der Waals surface area contributed by atoms with Crippen LogP contribution in [0.5, 0.6) is 5.75 Å². The van der Waals surface area contributed by atoms with Crippen molar-refractivity contribution >= 4 is 22.9 Å². The van der Waals surface area contributed by atoms with Crippen molar-refractivity contribution in [2.45, 2.75) is 6.92 Å². The standard InChI is InChI=1S/C16H16O3S/c1-3-19-16(17)11-14(15-5-4-10-20-15)12-6-8-13(18-2)9-7-12/h4-11H,3H2,1-2H3/b14-11+. The molecular weight excluding hydrogens is 272 g/mol. The van der Waals surface area contributed by atoms with E-state index in [1.165, 1.54) is 6.08 Å². The number of thiophene rings is 1. The van der Waals surface area contributed by atoms with Crippen molar-refractivity contribution in [3.8, 4) is 5.75 Å². The van der Waals surface area contributed by atoms with E-state index in [-0.39, 0.29) is 5.97 Å². The van der Waals surface area contributed by atoms with Crippen molar-refractivity contribution in [1.82, 2.24) is 0 Å². The largest absolute Gasteiger partial charge is 0.497 e. The molecule has 3 nitrogen and oxygen atoms in total. The minimum atomic E-state index is -0.327. The highest BCUT2D eigenvalue weighted by Crippen LogP contribution is 2.28. The van der Waals surface area contributed by atoms with E-state index >= 15 is 0 Å². The first kappa shape index (κ1) is 14.3. The molecule has 2 aromatic rings. The Morgan fingerprint density at radius 2 is 2.00 bits per heavy atom. The first-order valence-corrected chi connectivity index (χ1v) is 7.19. The maximum atomic E-state index is 11.7. The second-order valence-corrected chi connectivity index (χ2v) is 4.96. The minimum Gasteiger partial charge on any atom is -0.497 e. The number of hydrogen-bond acceptors (Lipinski definition) is 4. The highest BCUT2D eigenvalue weighted by Gasteiger charge is 2.09. The van der Waals surface area contributed by atoms with Crippen LogP contribution in [-0.2, 0) is 9.53 Å². The van der Waals surface area contributed by atoms with E-state index in [0.717, 1.165) is 21.8 Å². The number of methoxy groups -OCH3 is 1. The molecule has 4 heteroatoms. The lowest BCUT2D eigenvalue weighted by atomic mass is 10.0. The van der Waals surface area contributed by atoms with Crippen LogP contribution in [0.1, 0.15) is 17.4 Å². The Morgan fingerprint density at radius 3 is 2.55 bits per heavy atom. The molecule has 104 valence electrons. The summed E-state index contributed by atoms with van der Waals surface area (Å²) in [7, 11) is 1.63. The third-order valence-corrected chi connectivity index (χ3v) is 3.64. The highest BCUT2D eigenvalue weighted by atomic mass is 32.1. The van der Waals surface area contributed by atoms with E-state index in [9.17, 15) is 4.79 Å². The van der Waals surface area contributed by atoms with Crippen molar-refractivity contribution in [3.05, 3.63) is 58.3 Å². The number of ether oxygens (including phenoxy) is 2. The lowest BCUT2D eigenvalue weighted by Crippen LogP contribution is -2.01. The Hall–Kier alpha value is -2.07. The SMILES string of the molecule is CCOC(=O)/C=C(\c1ccc(OC)cc1)c1cccs1. The second-order valence-electron chi connectivity index (χ2n) is 4.02. The summed E-state index contributed by atoms with van der Waals surface area (Å²) < 4.78 is 10.2. The average molecular weight is 288 g/mol. The fourth-order valence-electron chi connectivity index (χ4n) is 1.80. The van der Waals surface area contributed by atoms with Crippen molar-refractivity contribution in [2.24, 2.45) is 0 Å². The number of carbonyl (C=O) groups excluding carboxylic acids is 1. The lowest BCUT2D eigenvalue weighted by Gasteiger charge is -2.07. The zero-order valence-corrected chi connectivity index (χ0v) is 12.3. The van der Waals surface area contributed by atoms with Crippen LogP contribution in [0.2, 0.25) is 0 Å². The topological polar surface area (TPSA) is 35.5 Å². The molecular formula is C16H16O3S. The predicted molar refractivity (Wildman–Crippen MR) is 81.0 cm³/mol. The Balaban J connectivity index is 2.38. The third kappa shape index (κ3) is 3.48. The quantitative estimate of drug-likeness (QED) is 0.621. The number of carbonyl (C=O) groups is 1. The van der Waals surface area contributed by atoms with Gasteiger partial charge in [-0.25, -0.2) is 4.79 Å². The Kier molecular flexibility index (Phi) is 4.96. The van der Waals surface area contributed by atoms with Crippen LogP contribution in [0.15, 0.2) is 47.9 Å². The van der Waals surface area contributed by atoms with Gasteiger partial charge in [-0.1, -0.05) is 18.2 Å². The van der Waals surface area contributed by atoms with Gasteiger partial charge in [0.25, 0.3) is 0 Å². The molecule has 1 aromatic heterocycles. The molecule has 0 saturated carbocycles. The van der Waals surface area contributed by atoms with Crippen molar-refractivity contribution in [3.63, 3.8) is 0 Å². The molecule has 0 spiro atoms. The van der Waals surface area contributed by atoms with Gasteiger partial charge in [-0.05, 0) is 36.1 Å².